The fourth-order valence-electron chi connectivity index (χ4n) is 2.61. The molecule has 0 aliphatic rings. The first-order valence-corrected chi connectivity index (χ1v) is 8.92. The summed E-state index contributed by atoms with van der Waals surface area (Å²) in [6.45, 7) is 0. The van der Waals surface area contributed by atoms with Crippen LogP contribution in [-0.4, -0.2) is 23.8 Å². The Labute approximate surface area is 164 Å². The maximum Gasteiger partial charge on any atom is 0.248 e. The van der Waals surface area contributed by atoms with Gasteiger partial charge in [0.05, 0.1) is 12.1 Å². The lowest BCUT2D eigenvalue weighted by molar-refractivity contribution is -0.117. The third-order valence-electron chi connectivity index (χ3n) is 4.19. The number of benzene rings is 2. The van der Waals surface area contributed by atoms with Crippen molar-refractivity contribution < 1.29 is 9.59 Å². The average Bonchev–Trinajstić information content (AvgIpc) is 2.74. The number of likely N-dealkylation sites (N-methyl/N-ethyl adjacent to an activating group) is 1. The van der Waals surface area contributed by atoms with Crippen molar-refractivity contribution in [3.8, 4) is 0 Å². The number of amides is 2. The van der Waals surface area contributed by atoms with Crippen molar-refractivity contribution in [2.45, 2.75) is 6.42 Å². The number of rotatable bonds is 6. The largest absolute Gasteiger partial charge is 0.323 e. The smallest absolute Gasteiger partial charge is 0.248 e. The fourth-order valence-corrected chi connectivity index (χ4v) is 2.61. The van der Waals surface area contributed by atoms with Crippen LogP contribution >= 0.6 is 0 Å². The van der Waals surface area contributed by atoms with E-state index in [9.17, 15) is 9.59 Å². The summed E-state index contributed by atoms with van der Waals surface area (Å²) in [4.78, 5) is 30.2. The van der Waals surface area contributed by atoms with Gasteiger partial charge in [-0.2, -0.15) is 0 Å². The summed E-state index contributed by atoms with van der Waals surface area (Å²) < 4.78 is 0. The molecule has 0 aliphatic heterocycles. The van der Waals surface area contributed by atoms with Crippen molar-refractivity contribution in [2.24, 2.45) is 0 Å². The second kappa shape index (κ2) is 9.28. The molecule has 0 spiro atoms. The number of aromatic nitrogens is 1. The van der Waals surface area contributed by atoms with Crippen molar-refractivity contribution >= 4 is 29.3 Å². The second-order valence-electron chi connectivity index (χ2n) is 6.24. The van der Waals surface area contributed by atoms with Gasteiger partial charge >= 0.3 is 0 Å². The summed E-state index contributed by atoms with van der Waals surface area (Å²) in [6, 6.07) is 22.3. The Bertz CT molecular complexity index is 952. The molecule has 0 bridgehead atoms. The van der Waals surface area contributed by atoms with Gasteiger partial charge in [0.15, 0.2) is 0 Å². The van der Waals surface area contributed by atoms with E-state index in [0.29, 0.717) is 17.8 Å². The zero-order valence-corrected chi connectivity index (χ0v) is 15.6. The Morgan fingerprint density at radius 1 is 0.964 bits per heavy atom. The topological polar surface area (TPSA) is 62.3 Å². The first-order chi connectivity index (χ1) is 13.6. The summed E-state index contributed by atoms with van der Waals surface area (Å²) in [5, 5.41) is 2.79. The van der Waals surface area contributed by atoms with Crippen molar-refractivity contribution in [3.63, 3.8) is 0 Å². The number of carbonyl (C=O) groups excluding carboxylic acids is 2. The van der Waals surface area contributed by atoms with Crippen molar-refractivity contribution in [1.29, 1.82) is 0 Å². The molecular formula is C23H21N3O2. The van der Waals surface area contributed by atoms with E-state index in [2.05, 4.69) is 10.3 Å². The first kappa shape index (κ1) is 19.0. The van der Waals surface area contributed by atoms with Crippen LogP contribution in [0.5, 0.6) is 0 Å². The van der Waals surface area contributed by atoms with Gasteiger partial charge in [-0.25, -0.2) is 0 Å². The fraction of sp³-hybridized carbons (Fsp3) is 0.0870. The second-order valence-corrected chi connectivity index (χ2v) is 6.24. The molecule has 3 aromatic rings. The standard InChI is InChI=1S/C23H21N3O2/c1-26(21-8-3-2-4-9-21)23(28)17-18-10-12-20(13-11-18)25-22(27)15-14-19-7-5-6-16-24-19/h2-16H,17H2,1H3,(H,25,27)/b15-14+. The molecule has 0 aliphatic carbocycles. The SMILES string of the molecule is CN(C(=O)Cc1ccc(NC(=O)/C=C/c2ccccn2)cc1)c1ccccc1. The van der Waals surface area contributed by atoms with E-state index < -0.39 is 0 Å². The normalized spacial score (nSPS) is 10.6. The Morgan fingerprint density at radius 3 is 2.36 bits per heavy atom. The van der Waals surface area contributed by atoms with Gasteiger partial charge in [-0.1, -0.05) is 36.4 Å². The van der Waals surface area contributed by atoms with Crippen molar-refractivity contribution in [2.75, 3.05) is 17.3 Å². The number of carbonyl (C=O) groups is 2. The minimum absolute atomic E-state index is 0.00119. The number of para-hydroxylation sites is 1. The quantitative estimate of drug-likeness (QED) is 0.668. The predicted molar refractivity (Wildman–Crippen MR) is 112 cm³/mol. The highest BCUT2D eigenvalue weighted by molar-refractivity contribution is 6.01. The molecule has 140 valence electrons. The number of pyridine rings is 1. The van der Waals surface area contributed by atoms with E-state index in [1.807, 2.05) is 60.7 Å². The molecule has 0 saturated carbocycles. The number of nitrogens with one attached hydrogen (secondary N) is 1. The van der Waals surface area contributed by atoms with Gasteiger partial charge in [0.1, 0.15) is 0 Å². The maximum atomic E-state index is 12.4. The summed E-state index contributed by atoms with van der Waals surface area (Å²) in [5.41, 5.74) is 3.13. The molecule has 0 saturated heterocycles. The average molecular weight is 371 g/mol. The predicted octanol–water partition coefficient (Wildman–Crippen LogP) is 3.94. The lowest BCUT2D eigenvalue weighted by Gasteiger charge is -2.17. The molecule has 0 radical (unpaired) electrons. The minimum atomic E-state index is -0.238. The van der Waals surface area contributed by atoms with Crippen molar-refractivity contribution in [3.05, 3.63) is 96.3 Å². The highest BCUT2D eigenvalue weighted by Gasteiger charge is 2.11. The van der Waals surface area contributed by atoms with Crippen LogP contribution in [-0.2, 0) is 16.0 Å². The Hall–Kier alpha value is -3.73. The summed E-state index contributed by atoms with van der Waals surface area (Å²) in [5.74, 6) is -0.237. The molecule has 3 rings (SSSR count). The Morgan fingerprint density at radius 2 is 1.68 bits per heavy atom. The summed E-state index contributed by atoms with van der Waals surface area (Å²) >= 11 is 0. The lowest BCUT2D eigenvalue weighted by Crippen LogP contribution is -2.27. The monoisotopic (exact) mass is 371 g/mol. The molecule has 5 nitrogen and oxygen atoms in total. The maximum absolute atomic E-state index is 12.4. The number of hydrogen-bond acceptors (Lipinski definition) is 3. The van der Waals surface area contributed by atoms with Crippen LogP contribution in [0.1, 0.15) is 11.3 Å². The minimum Gasteiger partial charge on any atom is -0.323 e. The van der Waals surface area contributed by atoms with Gasteiger partial charge in [0.2, 0.25) is 11.8 Å². The molecule has 0 atom stereocenters. The van der Waals surface area contributed by atoms with Crippen LogP contribution in [0.2, 0.25) is 0 Å². The molecule has 2 amide bonds. The number of hydrogen-bond donors (Lipinski definition) is 1. The molecule has 2 aromatic carbocycles. The van der Waals surface area contributed by atoms with Gasteiger partial charge < -0.3 is 10.2 Å². The van der Waals surface area contributed by atoms with Gasteiger partial charge in [-0.05, 0) is 48.0 Å². The van der Waals surface area contributed by atoms with Crippen LogP contribution in [0, 0.1) is 0 Å². The lowest BCUT2D eigenvalue weighted by atomic mass is 10.1. The first-order valence-electron chi connectivity index (χ1n) is 8.92. The molecule has 1 N–H and O–H groups in total. The third-order valence-corrected chi connectivity index (χ3v) is 4.19. The van der Waals surface area contributed by atoms with E-state index in [-0.39, 0.29) is 11.8 Å². The number of anilines is 2. The van der Waals surface area contributed by atoms with E-state index in [1.165, 1.54) is 6.08 Å². The van der Waals surface area contributed by atoms with E-state index in [4.69, 9.17) is 0 Å². The van der Waals surface area contributed by atoms with Crippen LogP contribution < -0.4 is 10.2 Å². The highest BCUT2D eigenvalue weighted by atomic mass is 16.2. The molecule has 1 heterocycles. The van der Waals surface area contributed by atoms with Gasteiger partial charge in [0.25, 0.3) is 0 Å². The zero-order valence-electron chi connectivity index (χ0n) is 15.6. The van der Waals surface area contributed by atoms with Gasteiger partial charge in [0, 0.05) is 30.7 Å². The van der Waals surface area contributed by atoms with Crippen LogP contribution in [0.25, 0.3) is 6.08 Å². The Balaban J connectivity index is 1.55. The molecule has 0 fully saturated rings. The van der Waals surface area contributed by atoms with Crippen molar-refractivity contribution in [1.82, 2.24) is 4.98 Å². The zero-order chi connectivity index (χ0) is 19.8. The van der Waals surface area contributed by atoms with E-state index in [0.717, 1.165) is 11.3 Å². The van der Waals surface area contributed by atoms with E-state index >= 15 is 0 Å². The van der Waals surface area contributed by atoms with Crippen LogP contribution in [0.4, 0.5) is 11.4 Å². The van der Waals surface area contributed by atoms with Gasteiger partial charge in [-0.15, -0.1) is 0 Å². The summed E-state index contributed by atoms with van der Waals surface area (Å²) in [6.07, 6.45) is 5.06. The molecular weight excluding hydrogens is 350 g/mol. The highest BCUT2D eigenvalue weighted by Crippen LogP contribution is 2.15. The number of nitrogens with zero attached hydrogens (tertiary/aromatic N) is 2. The molecule has 28 heavy (non-hydrogen) atoms. The van der Waals surface area contributed by atoms with Gasteiger partial charge in [-0.3, -0.25) is 14.6 Å². The van der Waals surface area contributed by atoms with Crippen LogP contribution in [0.3, 0.4) is 0 Å². The molecule has 0 unspecified atom stereocenters. The van der Waals surface area contributed by atoms with Crippen LogP contribution in [0.15, 0.2) is 85.1 Å². The Kier molecular flexibility index (Phi) is 6.31. The third kappa shape index (κ3) is 5.38. The summed E-state index contributed by atoms with van der Waals surface area (Å²) in [7, 11) is 1.76. The van der Waals surface area contributed by atoms with E-state index in [1.54, 1.807) is 36.4 Å². The molecule has 5 heteroatoms. The molecule has 1 aromatic heterocycles.